The van der Waals surface area contributed by atoms with Gasteiger partial charge in [-0.25, -0.2) is 0 Å². The second kappa shape index (κ2) is 11.4. The van der Waals surface area contributed by atoms with Crippen LogP contribution in [0.15, 0.2) is 109 Å². The van der Waals surface area contributed by atoms with E-state index in [9.17, 15) is 0 Å². The van der Waals surface area contributed by atoms with Gasteiger partial charge in [-0.2, -0.15) is 0 Å². The molecule has 3 heteroatoms. The van der Waals surface area contributed by atoms with Crippen LogP contribution < -0.4 is 0 Å². The van der Waals surface area contributed by atoms with Gasteiger partial charge in [0.05, 0.1) is 0 Å². The summed E-state index contributed by atoms with van der Waals surface area (Å²) >= 11 is 5.83. The van der Waals surface area contributed by atoms with Crippen molar-refractivity contribution >= 4 is 60.9 Å². The second-order valence-electron chi connectivity index (χ2n) is 14.9. The molecule has 1 heterocycles. The molecule has 45 heavy (non-hydrogen) atoms. The first-order chi connectivity index (χ1) is 21.3. The van der Waals surface area contributed by atoms with Crippen molar-refractivity contribution in [3.05, 3.63) is 131 Å². The molecule has 0 radical (unpaired) electrons. The van der Waals surface area contributed by atoms with Gasteiger partial charge in [0.25, 0.3) is 0 Å². The molecule has 0 fully saturated rings. The third kappa shape index (κ3) is 5.85. The fourth-order valence-corrected chi connectivity index (χ4v) is 20.0. The number of hydrogen-bond donors (Lipinski definition) is 0. The summed E-state index contributed by atoms with van der Waals surface area (Å²) in [6, 6.07) is 41.7. The van der Waals surface area contributed by atoms with E-state index in [1.165, 1.54) is 77.2 Å². The molecule has 0 N–H and O–H groups in total. The summed E-state index contributed by atoms with van der Waals surface area (Å²) in [6.45, 7) is 13.7. The molecule has 7 rings (SSSR count). The van der Waals surface area contributed by atoms with Gasteiger partial charge in [0.15, 0.2) is 0 Å². The quantitative estimate of drug-likeness (QED) is 0.153. The Morgan fingerprint density at radius 2 is 0.844 bits per heavy atom. The third-order valence-corrected chi connectivity index (χ3v) is 22.1. The molecule has 0 saturated heterocycles. The van der Waals surface area contributed by atoms with Crippen LogP contribution in [0.4, 0.5) is 0 Å². The van der Waals surface area contributed by atoms with Crippen LogP contribution in [-0.4, -0.2) is 13.9 Å². The SMILES string of the molecule is CC(C)(C)c1ccc(-c2cc3ccccc3c3c2[CH2][Sn]([Br])([Br])[CH2]c2c(-c4ccc(C(C)(C)C)cc4)cc4ccccc4c2-3)cc1. The molecule has 1 aliphatic rings. The molecular formula is C42H40Br2Sn. The molecule has 0 aromatic heterocycles. The molecule has 0 saturated carbocycles. The Hall–Kier alpha value is -2.40. The molecule has 0 nitrogen and oxygen atoms in total. The minimum absolute atomic E-state index is 0.121. The van der Waals surface area contributed by atoms with Crippen LogP contribution >= 0.6 is 25.4 Å². The molecule has 0 unspecified atom stereocenters. The fourth-order valence-electron chi connectivity index (χ4n) is 7.11. The van der Waals surface area contributed by atoms with Gasteiger partial charge in [-0.1, -0.05) is 0 Å². The van der Waals surface area contributed by atoms with Crippen molar-refractivity contribution < 1.29 is 0 Å². The summed E-state index contributed by atoms with van der Waals surface area (Å²) in [6.07, 6.45) is 0. The zero-order chi connectivity index (χ0) is 31.7. The topological polar surface area (TPSA) is 0 Å². The van der Waals surface area contributed by atoms with E-state index in [1.807, 2.05) is 0 Å². The van der Waals surface area contributed by atoms with Gasteiger partial charge in [0.1, 0.15) is 0 Å². The van der Waals surface area contributed by atoms with Crippen molar-refractivity contribution in [1.82, 2.24) is 0 Å². The van der Waals surface area contributed by atoms with E-state index in [1.54, 1.807) is 0 Å². The maximum atomic E-state index is 4.43. The van der Waals surface area contributed by atoms with Gasteiger partial charge in [0.2, 0.25) is 0 Å². The Kier molecular flexibility index (Phi) is 7.90. The summed E-state index contributed by atoms with van der Waals surface area (Å²) in [5, 5.41) is 5.29. The predicted molar refractivity (Wildman–Crippen MR) is 206 cm³/mol. The van der Waals surface area contributed by atoms with E-state index in [-0.39, 0.29) is 10.8 Å². The van der Waals surface area contributed by atoms with Crippen molar-refractivity contribution in [2.45, 2.75) is 61.2 Å². The Balaban J connectivity index is 1.59. The van der Waals surface area contributed by atoms with Gasteiger partial charge in [-0.05, 0) is 0 Å². The van der Waals surface area contributed by atoms with Gasteiger partial charge >= 0.3 is 287 Å². The van der Waals surface area contributed by atoms with Gasteiger partial charge in [0, 0.05) is 0 Å². The number of halogens is 2. The molecule has 6 aromatic carbocycles. The summed E-state index contributed by atoms with van der Waals surface area (Å²) in [5.74, 6) is 0. The standard InChI is InChI=1S/C42H40.2BrH.Sn/c1-27-37(29-17-21-33(22-18-29)41(3,4)5)25-31-13-9-11-15-35(31)39(27)40-28(2)38(26-32-14-10-12-16-36(32)40)30-19-23-34(24-20-30)42(6,7)8;;;/h9-26H,1-2H2,3-8H3;2*1H;/q;;;+2/p-2. The Labute approximate surface area is 284 Å². The van der Waals surface area contributed by atoms with E-state index in [4.69, 9.17) is 0 Å². The van der Waals surface area contributed by atoms with Crippen molar-refractivity contribution in [1.29, 1.82) is 0 Å². The monoisotopic (exact) mass is 822 g/mol. The normalized spacial score (nSPS) is 14.7. The van der Waals surface area contributed by atoms with Crippen LogP contribution in [0.1, 0.15) is 63.8 Å². The Morgan fingerprint density at radius 3 is 1.20 bits per heavy atom. The molecule has 0 bridgehead atoms. The van der Waals surface area contributed by atoms with E-state index in [2.05, 4.69) is 176 Å². The van der Waals surface area contributed by atoms with Crippen molar-refractivity contribution in [3.63, 3.8) is 0 Å². The molecule has 0 aliphatic carbocycles. The van der Waals surface area contributed by atoms with Crippen LogP contribution in [0.2, 0.25) is 0 Å². The Morgan fingerprint density at radius 1 is 0.489 bits per heavy atom. The van der Waals surface area contributed by atoms with Gasteiger partial charge in [-0.15, -0.1) is 0 Å². The zero-order valence-corrected chi connectivity index (χ0v) is 33.1. The maximum absolute atomic E-state index is 4.43. The second-order valence-corrected chi connectivity index (χ2v) is 49.3. The van der Waals surface area contributed by atoms with Crippen LogP contribution in [0.5, 0.6) is 0 Å². The first-order valence-electron chi connectivity index (χ1n) is 16.0. The molecule has 226 valence electrons. The van der Waals surface area contributed by atoms with Crippen LogP contribution in [0, 0.1) is 0 Å². The fraction of sp³-hybridized carbons (Fsp3) is 0.238. The number of hydrogen-bond acceptors (Lipinski definition) is 0. The Bertz CT molecular complexity index is 1920. The summed E-state index contributed by atoms with van der Waals surface area (Å²) < 4.78 is 2.13. The van der Waals surface area contributed by atoms with E-state index < -0.39 is 13.9 Å². The van der Waals surface area contributed by atoms with Crippen LogP contribution in [-0.2, 0) is 19.7 Å². The molecule has 0 spiro atoms. The van der Waals surface area contributed by atoms with Gasteiger partial charge < -0.3 is 0 Å². The molecule has 6 aromatic rings. The van der Waals surface area contributed by atoms with Crippen molar-refractivity contribution in [3.8, 4) is 33.4 Å². The number of benzene rings is 6. The minimum atomic E-state index is -3.03. The third-order valence-electron chi connectivity index (χ3n) is 9.56. The van der Waals surface area contributed by atoms with Crippen LogP contribution in [0.3, 0.4) is 0 Å². The van der Waals surface area contributed by atoms with Crippen molar-refractivity contribution in [2.75, 3.05) is 0 Å². The van der Waals surface area contributed by atoms with E-state index in [0.29, 0.717) is 0 Å². The average molecular weight is 823 g/mol. The van der Waals surface area contributed by atoms with E-state index in [0.717, 1.165) is 8.87 Å². The average Bonchev–Trinajstić information content (AvgIpc) is 3.13. The first kappa shape index (κ1) is 31.2. The molecule has 0 amide bonds. The predicted octanol–water partition coefficient (Wildman–Crippen LogP) is 13.0. The summed E-state index contributed by atoms with van der Waals surface area (Å²) in [7, 11) is 0. The zero-order valence-electron chi connectivity index (χ0n) is 27.1. The first-order valence-corrected chi connectivity index (χ1v) is 32.8. The van der Waals surface area contributed by atoms with Gasteiger partial charge in [-0.3, -0.25) is 0 Å². The number of fused-ring (bicyclic) bond motifs is 7. The molecular weight excluding hydrogens is 783 g/mol. The molecule has 1 aliphatic heterocycles. The van der Waals surface area contributed by atoms with Crippen LogP contribution in [0.25, 0.3) is 54.9 Å². The summed E-state index contributed by atoms with van der Waals surface area (Å²) in [4.78, 5) is 0. The van der Waals surface area contributed by atoms with Crippen molar-refractivity contribution in [2.24, 2.45) is 0 Å². The molecule has 0 atom stereocenters. The number of rotatable bonds is 2. The van der Waals surface area contributed by atoms with E-state index >= 15 is 0 Å². The summed E-state index contributed by atoms with van der Waals surface area (Å²) in [5.41, 5.74) is 14.1.